The van der Waals surface area contributed by atoms with Gasteiger partial charge in [0, 0.05) is 36.0 Å². The summed E-state index contributed by atoms with van der Waals surface area (Å²) in [4.78, 5) is 2.09. The summed E-state index contributed by atoms with van der Waals surface area (Å²) in [5.41, 5.74) is 3.07. The maximum absolute atomic E-state index is 4.78. The Labute approximate surface area is 219 Å². The summed E-state index contributed by atoms with van der Waals surface area (Å²) < 4.78 is 3.38. The molecule has 0 N–H and O–H groups in total. The monoisotopic (exact) mass is 637 g/mol. The van der Waals surface area contributed by atoms with E-state index in [-0.39, 0.29) is 21.1 Å². The maximum atomic E-state index is 4.78. The van der Waals surface area contributed by atoms with Crippen LogP contribution in [0.2, 0.25) is 0 Å². The minimum atomic E-state index is 0. The molecule has 1 radical (unpaired) electrons. The number of nitrogens with zero attached hydrogens (tertiary/aromatic N) is 7. The molecular formula is C26H21BN7Pt. The number of aromatic nitrogens is 4. The van der Waals surface area contributed by atoms with E-state index >= 15 is 0 Å². The number of amidine groups is 1. The van der Waals surface area contributed by atoms with E-state index in [0.717, 1.165) is 22.8 Å². The fraction of sp³-hybridized carbons (Fsp3) is 0. The minimum absolute atomic E-state index is 0. The van der Waals surface area contributed by atoms with Gasteiger partial charge >= 0.3 is 28.6 Å². The molecule has 0 saturated heterocycles. The zero-order chi connectivity index (χ0) is 23.0. The molecule has 0 unspecified atom stereocenters. The van der Waals surface area contributed by atoms with Gasteiger partial charge in [0.25, 0.3) is 0 Å². The molecule has 3 aromatic carbocycles. The van der Waals surface area contributed by atoms with E-state index in [4.69, 9.17) is 5.10 Å². The van der Waals surface area contributed by atoms with Crippen molar-refractivity contribution in [3.05, 3.63) is 140 Å². The number of para-hydroxylation sites is 2. The average Bonchev–Trinajstić information content (AvgIpc) is 3.69. The zero-order valence-corrected chi connectivity index (χ0v) is 20.9. The Bertz CT molecular complexity index is 1260. The first-order valence-corrected chi connectivity index (χ1v) is 10.8. The Morgan fingerprint density at radius 1 is 0.714 bits per heavy atom. The normalized spacial score (nSPS) is 12.3. The van der Waals surface area contributed by atoms with Crippen LogP contribution in [0.5, 0.6) is 0 Å². The van der Waals surface area contributed by atoms with Crippen molar-refractivity contribution in [2.75, 3.05) is 9.91 Å². The Morgan fingerprint density at radius 2 is 1.34 bits per heavy atom. The quantitative estimate of drug-likeness (QED) is 0.213. The molecule has 1 aliphatic heterocycles. The van der Waals surface area contributed by atoms with Gasteiger partial charge in [0.15, 0.2) is 0 Å². The van der Waals surface area contributed by atoms with Gasteiger partial charge in [0.1, 0.15) is 5.84 Å². The molecule has 7 nitrogen and oxygen atoms in total. The third-order valence-electron chi connectivity index (χ3n) is 4.95. The van der Waals surface area contributed by atoms with Crippen LogP contribution in [0.25, 0.3) is 0 Å². The molecule has 173 valence electrons. The van der Waals surface area contributed by atoms with Gasteiger partial charge in [0.05, 0.1) is 0 Å². The van der Waals surface area contributed by atoms with E-state index in [1.807, 2.05) is 96.9 Å². The number of anilines is 2. The van der Waals surface area contributed by atoms with Crippen LogP contribution in [-0.4, -0.2) is 32.8 Å². The third-order valence-corrected chi connectivity index (χ3v) is 4.95. The Hall–Kier alpha value is -3.90. The van der Waals surface area contributed by atoms with Crippen molar-refractivity contribution in [3.63, 3.8) is 0 Å². The van der Waals surface area contributed by atoms with Crippen LogP contribution in [0.1, 0.15) is 5.56 Å². The van der Waals surface area contributed by atoms with Crippen LogP contribution in [0.15, 0.2) is 127 Å². The van der Waals surface area contributed by atoms with Crippen LogP contribution in [0.4, 0.5) is 11.4 Å². The van der Waals surface area contributed by atoms with Crippen LogP contribution in [0.3, 0.4) is 0 Å². The van der Waals surface area contributed by atoms with Crippen LogP contribution < -0.4 is 9.91 Å². The molecule has 1 aliphatic rings. The van der Waals surface area contributed by atoms with E-state index < -0.39 is 0 Å². The second-order valence-electron chi connectivity index (χ2n) is 7.29. The van der Waals surface area contributed by atoms with E-state index in [1.54, 1.807) is 29.1 Å². The molecule has 0 fully saturated rings. The van der Waals surface area contributed by atoms with Crippen molar-refractivity contribution in [1.82, 2.24) is 19.4 Å². The topological polar surface area (TPSA) is 54.5 Å². The molecule has 35 heavy (non-hydrogen) atoms. The standard InChI is InChI=1S/C20H15N3.C6H6BN4.Pt/c1-4-10-17(11-5-1)20-21-23(19-14-8-3-9-15-19)16-22(20)18-12-6-2-7-13-18;1-3-8-10(5-1)7-11-6-2-4-9-11;/h1-14,16H;1-6H;/q-2;;+2. The number of benzene rings is 3. The first kappa shape index (κ1) is 24.2. The second kappa shape index (κ2) is 12.0. The molecule has 6 rings (SSSR count). The molecule has 0 saturated carbocycles. The summed E-state index contributed by atoms with van der Waals surface area (Å²) in [6, 6.07) is 35.2. The SMILES string of the molecule is [B](n1cccn1)n1cccn1.[Pt+2].[c-]1ccccc1N1[CH-]N(c2ccccc2)C(c2ccccc2)=N1. The number of hydrazone groups is 1. The zero-order valence-electron chi connectivity index (χ0n) is 18.6. The van der Waals surface area contributed by atoms with Gasteiger partial charge in [-0.3, -0.25) is 9.19 Å². The molecule has 5 aromatic rings. The van der Waals surface area contributed by atoms with E-state index in [2.05, 4.69) is 45.4 Å². The predicted molar refractivity (Wildman–Crippen MR) is 135 cm³/mol. The smallest absolute Gasteiger partial charge is 0.456 e. The number of hydrogen-bond donors (Lipinski definition) is 0. The molecule has 0 amide bonds. The second-order valence-corrected chi connectivity index (χ2v) is 7.29. The number of rotatable bonds is 5. The van der Waals surface area contributed by atoms with E-state index in [9.17, 15) is 0 Å². The Morgan fingerprint density at radius 3 is 1.91 bits per heavy atom. The molecule has 0 bridgehead atoms. The maximum Gasteiger partial charge on any atom is 2.00 e. The fourth-order valence-electron chi connectivity index (χ4n) is 3.36. The van der Waals surface area contributed by atoms with Crippen LogP contribution in [0, 0.1) is 12.7 Å². The summed E-state index contributed by atoms with van der Waals surface area (Å²) in [5.74, 6) is 0.897. The molecule has 0 aliphatic carbocycles. The van der Waals surface area contributed by atoms with Gasteiger partial charge in [-0.15, -0.1) is 12.7 Å². The summed E-state index contributed by atoms with van der Waals surface area (Å²) in [6.45, 7) is 1.99. The van der Waals surface area contributed by atoms with E-state index in [0.29, 0.717) is 0 Å². The summed E-state index contributed by atoms with van der Waals surface area (Å²) in [5, 5.41) is 14.6. The Balaban J connectivity index is 0.000000203. The Kier molecular flexibility index (Phi) is 8.31. The van der Waals surface area contributed by atoms with Gasteiger partial charge in [0.2, 0.25) is 0 Å². The van der Waals surface area contributed by atoms with E-state index in [1.165, 1.54) is 0 Å². The average molecular weight is 637 g/mol. The molecule has 2 aromatic heterocycles. The third kappa shape index (κ3) is 6.16. The summed E-state index contributed by atoms with van der Waals surface area (Å²) in [7, 11) is 1.78. The number of hydrogen-bond acceptors (Lipinski definition) is 5. The van der Waals surface area contributed by atoms with Crippen molar-refractivity contribution in [2.24, 2.45) is 5.10 Å². The first-order valence-electron chi connectivity index (χ1n) is 10.8. The predicted octanol–water partition coefficient (Wildman–Crippen LogP) is 4.30. The van der Waals surface area contributed by atoms with Gasteiger partial charge in [-0.1, -0.05) is 54.2 Å². The van der Waals surface area contributed by atoms with Gasteiger partial charge in [-0.2, -0.15) is 39.6 Å². The molecule has 0 atom stereocenters. The first-order chi connectivity index (χ1) is 16.9. The fourth-order valence-corrected chi connectivity index (χ4v) is 3.36. The largest absolute Gasteiger partial charge is 2.00 e. The van der Waals surface area contributed by atoms with Gasteiger partial charge < -0.3 is 9.91 Å². The van der Waals surface area contributed by atoms with Crippen molar-refractivity contribution >= 4 is 24.8 Å². The van der Waals surface area contributed by atoms with Crippen molar-refractivity contribution in [3.8, 4) is 0 Å². The van der Waals surface area contributed by atoms with Crippen molar-refractivity contribution in [2.45, 2.75) is 0 Å². The van der Waals surface area contributed by atoms with Crippen LogP contribution in [-0.2, 0) is 21.1 Å². The van der Waals surface area contributed by atoms with Crippen LogP contribution >= 0.6 is 0 Å². The molecule has 0 spiro atoms. The molecule has 3 heterocycles. The molecule has 9 heteroatoms. The van der Waals surface area contributed by atoms with Gasteiger partial charge in [-0.05, 0) is 24.3 Å². The van der Waals surface area contributed by atoms with Crippen molar-refractivity contribution in [1.29, 1.82) is 0 Å². The minimum Gasteiger partial charge on any atom is -0.456 e. The van der Waals surface area contributed by atoms with Gasteiger partial charge in [-0.25, -0.2) is 0 Å². The summed E-state index contributed by atoms with van der Waals surface area (Å²) >= 11 is 0. The molecular weight excluding hydrogens is 616 g/mol. The van der Waals surface area contributed by atoms with Crippen molar-refractivity contribution < 1.29 is 21.1 Å². The summed E-state index contributed by atoms with van der Waals surface area (Å²) in [6.07, 6.45) is 7.14.